The van der Waals surface area contributed by atoms with Gasteiger partial charge in [-0.1, -0.05) is 36.4 Å². The van der Waals surface area contributed by atoms with Crippen molar-refractivity contribution < 1.29 is 22.4 Å². The summed E-state index contributed by atoms with van der Waals surface area (Å²) in [5.41, 5.74) is 2.03. The minimum Gasteiger partial charge on any atom is -0.352 e. The van der Waals surface area contributed by atoms with Crippen LogP contribution in [0.25, 0.3) is 0 Å². The predicted octanol–water partition coefficient (Wildman–Crippen LogP) is 3.15. The van der Waals surface area contributed by atoms with Crippen LogP contribution in [0.5, 0.6) is 0 Å². The van der Waals surface area contributed by atoms with E-state index in [-0.39, 0.29) is 18.2 Å². The summed E-state index contributed by atoms with van der Waals surface area (Å²) >= 11 is 0. The van der Waals surface area contributed by atoms with Crippen LogP contribution < -0.4 is 9.62 Å². The Morgan fingerprint density at radius 1 is 1.00 bits per heavy atom. The van der Waals surface area contributed by atoms with Crippen LogP contribution in [0.15, 0.2) is 42.5 Å². The van der Waals surface area contributed by atoms with Gasteiger partial charge < -0.3 is 10.2 Å². The lowest BCUT2D eigenvalue weighted by Crippen LogP contribution is -2.52. The van der Waals surface area contributed by atoms with E-state index in [4.69, 9.17) is 0 Å². The largest absolute Gasteiger partial charge is 0.352 e. The van der Waals surface area contributed by atoms with Crippen LogP contribution in [-0.2, 0) is 26.2 Å². The van der Waals surface area contributed by atoms with E-state index in [1.54, 1.807) is 58.9 Å². The first-order chi connectivity index (χ1) is 15.3. The summed E-state index contributed by atoms with van der Waals surface area (Å²) in [6.07, 6.45) is 1.03. The molecule has 0 bridgehead atoms. The number of hydrogen-bond acceptors (Lipinski definition) is 4. The molecule has 7 nitrogen and oxygen atoms in total. The summed E-state index contributed by atoms with van der Waals surface area (Å²) < 4.78 is 40.8. The number of carbonyl (C=O) groups excluding carboxylic acids is 2. The predicted molar refractivity (Wildman–Crippen MR) is 128 cm³/mol. The van der Waals surface area contributed by atoms with Crippen molar-refractivity contribution in [2.45, 2.75) is 53.2 Å². The van der Waals surface area contributed by atoms with Crippen molar-refractivity contribution in [1.82, 2.24) is 10.2 Å². The van der Waals surface area contributed by atoms with Gasteiger partial charge in [-0.25, -0.2) is 12.8 Å². The number of anilines is 1. The maximum atomic E-state index is 14.4. The van der Waals surface area contributed by atoms with Crippen molar-refractivity contribution in [2.24, 2.45) is 0 Å². The monoisotopic (exact) mass is 477 g/mol. The van der Waals surface area contributed by atoms with E-state index in [1.807, 2.05) is 0 Å². The minimum absolute atomic E-state index is 0.160. The van der Waals surface area contributed by atoms with E-state index in [9.17, 15) is 22.4 Å². The van der Waals surface area contributed by atoms with E-state index in [2.05, 4.69) is 5.32 Å². The summed E-state index contributed by atoms with van der Waals surface area (Å²) in [7, 11) is -3.83. The summed E-state index contributed by atoms with van der Waals surface area (Å²) in [4.78, 5) is 27.4. The van der Waals surface area contributed by atoms with Gasteiger partial charge in [-0.2, -0.15) is 0 Å². The third-order valence-electron chi connectivity index (χ3n) is 5.26. The van der Waals surface area contributed by atoms with Crippen molar-refractivity contribution in [1.29, 1.82) is 0 Å². The molecule has 1 unspecified atom stereocenters. The lowest BCUT2D eigenvalue weighted by atomic mass is 10.1. The molecule has 0 radical (unpaired) electrons. The molecule has 0 heterocycles. The van der Waals surface area contributed by atoms with Gasteiger partial charge in [0.25, 0.3) is 0 Å². The number of nitrogens with zero attached hydrogens (tertiary/aromatic N) is 2. The van der Waals surface area contributed by atoms with Crippen LogP contribution in [0, 0.1) is 19.7 Å². The molecule has 0 saturated carbocycles. The molecule has 180 valence electrons. The molecule has 0 fully saturated rings. The molecule has 2 amide bonds. The fourth-order valence-electron chi connectivity index (χ4n) is 3.57. The zero-order chi connectivity index (χ0) is 24.9. The fraction of sp³-hybridized carbons (Fsp3) is 0.417. The van der Waals surface area contributed by atoms with Gasteiger partial charge >= 0.3 is 0 Å². The van der Waals surface area contributed by atoms with Gasteiger partial charge in [0.05, 0.1) is 11.9 Å². The van der Waals surface area contributed by atoms with Crippen molar-refractivity contribution in [3.63, 3.8) is 0 Å². The molecule has 0 aliphatic rings. The quantitative estimate of drug-likeness (QED) is 0.601. The van der Waals surface area contributed by atoms with Crippen molar-refractivity contribution >= 4 is 27.5 Å². The Labute approximate surface area is 195 Å². The number of para-hydroxylation sites is 1. The Bertz CT molecular complexity index is 1100. The van der Waals surface area contributed by atoms with Gasteiger partial charge in [-0.3, -0.25) is 13.9 Å². The number of rotatable bonds is 9. The fourth-order valence-corrected chi connectivity index (χ4v) is 4.54. The molecule has 2 aromatic carbocycles. The lowest BCUT2D eigenvalue weighted by molar-refractivity contribution is -0.139. The second-order valence-corrected chi connectivity index (χ2v) is 10.4. The summed E-state index contributed by atoms with van der Waals surface area (Å²) in [6, 6.07) is 10.2. The highest BCUT2D eigenvalue weighted by atomic mass is 32.2. The average molecular weight is 478 g/mol. The molecule has 0 aliphatic heterocycles. The normalized spacial score (nSPS) is 12.4. The van der Waals surface area contributed by atoms with E-state index >= 15 is 0 Å². The molecule has 0 spiro atoms. The number of halogens is 1. The smallest absolute Gasteiger partial charge is 0.244 e. The standard InChI is InChI=1S/C24H32FN3O4S/c1-16(2)26-24(30)19(5)27(14-20-12-7-8-13-21(20)25)22(29)15-28(33(6,31)32)23-17(3)10-9-11-18(23)4/h7-13,16,19H,14-15H2,1-6H3,(H,26,30). The van der Waals surface area contributed by atoms with Crippen molar-refractivity contribution in [3.8, 4) is 0 Å². The summed E-state index contributed by atoms with van der Waals surface area (Å²) in [5.74, 6) is -1.54. The Hall–Kier alpha value is -2.94. The summed E-state index contributed by atoms with van der Waals surface area (Å²) in [5, 5.41) is 2.75. The van der Waals surface area contributed by atoms with Crippen LogP contribution in [0.2, 0.25) is 0 Å². The molecule has 9 heteroatoms. The molecule has 2 aromatic rings. The van der Waals surface area contributed by atoms with E-state index in [1.165, 1.54) is 23.1 Å². The summed E-state index contributed by atoms with van der Waals surface area (Å²) in [6.45, 7) is 7.96. The Morgan fingerprint density at radius 3 is 2.09 bits per heavy atom. The highest BCUT2D eigenvalue weighted by Crippen LogP contribution is 2.27. The number of hydrogen-bond donors (Lipinski definition) is 1. The number of aryl methyl sites for hydroxylation is 2. The molecule has 0 aliphatic carbocycles. The zero-order valence-corrected chi connectivity index (χ0v) is 20.7. The van der Waals surface area contributed by atoms with Gasteiger partial charge in [-0.15, -0.1) is 0 Å². The van der Waals surface area contributed by atoms with Gasteiger partial charge in [0.15, 0.2) is 0 Å². The highest BCUT2D eigenvalue weighted by Gasteiger charge is 2.31. The first-order valence-electron chi connectivity index (χ1n) is 10.7. The van der Waals surface area contributed by atoms with Gasteiger partial charge in [0.2, 0.25) is 21.8 Å². The lowest BCUT2D eigenvalue weighted by Gasteiger charge is -2.32. The van der Waals surface area contributed by atoms with Gasteiger partial charge in [0.1, 0.15) is 18.4 Å². The Balaban J connectivity index is 2.47. The number of amides is 2. The maximum absolute atomic E-state index is 14.4. The first kappa shape index (κ1) is 26.3. The van der Waals surface area contributed by atoms with E-state index < -0.39 is 40.2 Å². The Kier molecular flexibility index (Phi) is 8.60. The van der Waals surface area contributed by atoms with Crippen LogP contribution in [0.1, 0.15) is 37.5 Å². The molecule has 33 heavy (non-hydrogen) atoms. The minimum atomic E-state index is -3.83. The second-order valence-electron chi connectivity index (χ2n) is 8.46. The molecular formula is C24H32FN3O4S. The van der Waals surface area contributed by atoms with Crippen LogP contribution in [0.3, 0.4) is 0 Å². The van der Waals surface area contributed by atoms with Crippen molar-refractivity contribution in [3.05, 3.63) is 65.0 Å². The highest BCUT2D eigenvalue weighted by molar-refractivity contribution is 7.92. The Morgan fingerprint density at radius 2 is 1.58 bits per heavy atom. The van der Waals surface area contributed by atoms with E-state index in [0.717, 1.165) is 10.6 Å². The molecule has 2 rings (SSSR count). The number of carbonyl (C=O) groups is 2. The van der Waals surface area contributed by atoms with Crippen LogP contribution in [-0.4, -0.2) is 50.0 Å². The zero-order valence-electron chi connectivity index (χ0n) is 19.9. The molecule has 0 aromatic heterocycles. The third-order valence-corrected chi connectivity index (χ3v) is 6.38. The van der Waals surface area contributed by atoms with Crippen molar-refractivity contribution in [2.75, 3.05) is 17.1 Å². The maximum Gasteiger partial charge on any atom is 0.244 e. The topological polar surface area (TPSA) is 86.8 Å². The van der Waals surface area contributed by atoms with Gasteiger partial charge in [0, 0.05) is 18.2 Å². The molecule has 0 saturated heterocycles. The number of nitrogens with one attached hydrogen (secondary N) is 1. The SMILES string of the molecule is Cc1cccc(C)c1N(CC(=O)N(Cc1ccccc1F)C(C)C(=O)NC(C)C)S(C)(=O)=O. The number of sulfonamides is 1. The average Bonchev–Trinajstić information content (AvgIpc) is 2.70. The van der Waals surface area contributed by atoms with Gasteiger partial charge in [-0.05, 0) is 51.8 Å². The second kappa shape index (κ2) is 10.8. The van der Waals surface area contributed by atoms with Crippen LogP contribution in [0.4, 0.5) is 10.1 Å². The molecule has 1 N–H and O–H groups in total. The van der Waals surface area contributed by atoms with Crippen LogP contribution >= 0.6 is 0 Å². The molecule has 1 atom stereocenters. The van der Waals surface area contributed by atoms with E-state index in [0.29, 0.717) is 16.8 Å². The number of benzene rings is 2. The first-order valence-corrected chi connectivity index (χ1v) is 12.5. The third kappa shape index (κ3) is 6.77. The molecular weight excluding hydrogens is 445 g/mol.